The first kappa shape index (κ1) is 17.9. The number of nitrogens with one attached hydrogen (secondary N) is 1. The van der Waals surface area contributed by atoms with Crippen molar-refractivity contribution in [2.45, 2.75) is 39.1 Å². The Bertz CT molecular complexity index is 847. The van der Waals surface area contributed by atoms with Gasteiger partial charge in [-0.1, -0.05) is 51.1 Å². The molecule has 3 rings (SSSR count). The molecule has 1 aromatic rings. The summed E-state index contributed by atoms with van der Waals surface area (Å²) in [6.45, 7) is 5.54. The Morgan fingerprint density at radius 2 is 1.73 bits per heavy atom. The molecule has 0 aromatic heterocycles. The summed E-state index contributed by atoms with van der Waals surface area (Å²) in [5, 5.41) is 38.7. The minimum absolute atomic E-state index is 0.225. The van der Waals surface area contributed by atoms with Crippen molar-refractivity contribution in [3.05, 3.63) is 35.9 Å². The van der Waals surface area contributed by atoms with Crippen molar-refractivity contribution in [3.63, 3.8) is 0 Å². The molecule has 1 N–H and O–H groups in total. The van der Waals surface area contributed by atoms with Gasteiger partial charge in [-0.2, -0.15) is 15.8 Å². The van der Waals surface area contributed by atoms with Gasteiger partial charge in [-0.3, -0.25) is 5.41 Å². The van der Waals surface area contributed by atoms with Crippen LogP contribution in [0.15, 0.2) is 30.3 Å². The fourth-order valence-corrected chi connectivity index (χ4v) is 4.56. The summed E-state index contributed by atoms with van der Waals surface area (Å²) in [4.78, 5) is 0. The summed E-state index contributed by atoms with van der Waals surface area (Å²) in [5.74, 6) is -2.59. The average Bonchev–Trinajstić information content (AvgIpc) is 2.86. The Hall–Kier alpha value is -2.88. The quantitative estimate of drug-likeness (QED) is 0.898. The lowest BCUT2D eigenvalue weighted by molar-refractivity contribution is -0.298. The lowest BCUT2D eigenvalue weighted by Crippen LogP contribution is -2.62. The number of hydrogen-bond acceptors (Lipinski definition) is 6. The Labute approximate surface area is 153 Å². The molecule has 2 fully saturated rings. The second kappa shape index (κ2) is 5.84. The van der Waals surface area contributed by atoms with E-state index in [1.807, 2.05) is 51.1 Å². The third-order valence-corrected chi connectivity index (χ3v) is 5.66. The summed E-state index contributed by atoms with van der Waals surface area (Å²) >= 11 is 0. The standard InChI is InChI=1S/C20H20N4O2/c1-4-15-19(12-23)17(24)26-20(15,14-8-6-5-7-9-14)25-16(13(2)3)18(19,10-21)11-22/h5-9,13,15-16,24H,4H2,1-3H3. The molecular weight excluding hydrogens is 328 g/mol. The number of fused-ring (bicyclic) bond motifs is 2. The van der Waals surface area contributed by atoms with Gasteiger partial charge in [-0.05, 0) is 12.3 Å². The van der Waals surface area contributed by atoms with Crippen molar-refractivity contribution in [2.24, 2.45) is 22.7 Å². The molecule has 0 amide bonds. The first-order valence-electron chi connectivity index (χ1n) is 8.65. The zero-order valence-corrected chi connectivity index (χ0v) is 15.0. The van der Waals surface area contributed by atoms with E-state index in [9.17, 15) is 15.8 Å². The fourth-order valence-electron chi connectivity index (χ4n) is 4.56. The first-order valence-corrected chi connectivity index (χ1v) is 8.65. The van der Waals surface area contributed by atoms with Crippen molar-refractivity contribution in [3.8, 4) is 18.2 Å². The smallest absolute Gasteiger partial charge is 0.244 e. The van der Waals surface area contributed by atoms with Crippen LogP contribution in [-0.4, -0.2) is 12.0 Å². The van der Waals surface area contributed by atoms with Crippen LogP contribution in [0.3, 0.4) is 0 Å². The Kier molecular flexibility index (Phi) is 4.02. The van der Waals surface area contributed by atoms with E-state index in [-0.39, 0.29) is 11.8 Å². The molecule has 6 nitrogen and oxygen atoms in total. The SMILES string of the molecule is CCC1C2(c3ccccc3)OC(=N)C1(C#N)C(C#N)(C#N)C(C(C)C)O2. The summed E-state index contributed by atoms with van der Waals surface area (Å²) < 4.78 is 12.3. The van der Waals surface area contributed by atoms with Crippen LogP contribution < -0.4 is 0 Å². The molecule has 4 atom stereocenters. The Morgan fingerprint density at radius 3 is 2.19 bits per heavy atom. The molecule has 2 bridgehead atoms. The lowest BCUT2D eigenvalue weighted by atomic mass is 9.52. The molecule has 0 aliphatic carbocycles. The van der Waals surface area contributed by atoms with Crippen LogP contribution >= 0.6 is 0 Å². The number of ether oxygens (including phenoxy) is 2. The van der Waals surface area contributed by atoms with Crippen molar-refractivity contribution >= 4 is 5.90 Å². The third kappa shape index (κ3) is 1.79. The predicted octanol–water partition coefficient (Wildman–Crippen LogP) is 3.47. The topological polar surface area (TPSA) is 114 Å². The van der Waals surface area contributed by atoms with E-state index in [1.54, 1.807) is 0 Å². The zero-order chi connectivity index (χ0) is 19.2. The summed E-state index contributed by atoms with van der Waals surface area (Å²) in [6.07, 6.45) is -0.455. The Morgan fingerprint density at radius 1 is 1.12 bits per heavy atom. The van der Waals surface area contributed by atoms with Crippen molar-refractivity contribution in [1.82, 2.24) is 0 Å². The van der Waals surface area contributed by atoms with Gasteiger partial charge < -0.3 is 9.47 Å². The van der Waals surface area contributed by atoms with Gasteiger partial charge in [0.1, 0.15) is 0 Å². The summed E-state index contributed by atoms with van der Waals surface area (Å²) in [6, 6.07) is 15.4. The number of rotatable bonds is 3. The minimum Gasteiger partial charge on any atom is -0.443 e. The van der Waals surface area contributed by atoms with Crippen LogP contribution in [0.5, 0.6) is 0 Å². The Balaban J connectivity index is 2.39. The van der Waals surface area contributed by atoms with Gasteiger partial charge >= 0.3 is 0 Å². The first-order chi connectivity index (χ1) is 12.4. The van der Waals surface area contributed by atoms with E-state index in [0.717, 1.165) is 0 Å². The van der Waals surface area contributed by atoms with Crippen LogP contribution in [0.2, 0.25) is 0 Å². The van der Waals surface area contributed by atoms with E-state index in [2.05, 4.69) is 18.2 Å². The average molecular weight is 348 g/mol. The fraction of sp³-hybridized carbons (Fsp3) is 0.500. The summed E-state index contributed by atoms with van der Waals surface area (Å²) in [7, 11) is 0. The normalized spacial score (nSPS) is 34.4. The molecule has 2 saturated heterocycles. The maximum Gasteiger partial charge on any atom is 0.244 e. The lowest BCUT2D eigenvalue weighted by Gasteiger charge is -2.50. The van der Waals surface area contributed by atoms with E-state index in [4.69, 9.17) is 14.9 Å². The molecule has 2 heterocycles. The number of nitrogens with zero attached hydrogens (tertiary/aromatic N) is 3. The molecule has 0 radical (unpaired) electrons. The van der Waals surface area contributed by atoms with E-state index < -0.39 is 28.6 Å². The second-order valence-electron chi connectivity index (χ2n) is 7.16. The van der Waals surface area contributed by atoms with Crippen molar-refractivity contribution in [1.29, 1.82) is 21.2 Å². The summed E-state index contributed by atoms with van der Waals surface area (Å²) in [5.41, 5.74) is -2.82. The van der Waals surface area contributed by atoms with Gasteiger partial charge in [-0.25, -0.2) is 0 Å². The van der Waals surface area contributed by atoms with E-state index >= 15 is 0 Å². The van der Waals surface area contributed by atoms with Crippen LogP contribution in [-0.2, 0) is 15.3 Å². The van der Waals surface area contributed by atoms with Crippen LogP contribution in [0.25, 0.3) is 0 Å². The molecule has 0 spiro atoms. The molecule has 132 valence electrons. The van der Waals surface area contributed by atoms with Crippen molar-refractivity contribution < 1.29 is 9.47 Å². The molecule has 2 aliphatic rings. The number of benzene rings is 1. The van der Waals surface area contributed by atoms with E-state index in [0.29, 0.717) is 12.0 Å². The van der Waals surface area contributed by atoms with Crippen LogP contribution in [0, 0.1) is 62.1 Å². The number of nitriles is 3. The molecule has 1 aromatic carbocycles. The van der Waals surface area contributed by atoms with Gasteiger partial charge in [-0.15, -0.1) is 0 Å². The van der Waals surface area contributed by atoms with Gasteiger partial charge in [0.25, 0.3) is 0 Å². The number of hydrogen-bond donors (Lipinski definition) is 1. The maximum atomic E-state index is 10.2. The highest BCUT2D eigenvalue weighted by Crippen LogP contribution is 2.67. The molecule has 0 saturated carbocycles. The van der Waals surface area contributed by atoms with Crippen LogP contribution in [0.4, 0.5) is 0 Å². The zero-order valence-electron chi connectivity index (χ0n) is 15.0. The molecule has 26 heavy (non-hydrogen) atoms. The van der Waals surface area contributed by atoms with Crippen molar-refractivity contribution in [2.75, 3.05) is 0 Å². The second-order valence-corrected chi connectivity index (χ2v) is 7.16. The third-order valence-electron chi connectivity index (χ3n) is 5.66. The van der Waals surface area contributed by atoms with Gasteiger partial charge in [0.2, 0.25) is 11.7 Å². The van der Waals surface area contributed by atoms with Gasteiger partial charge in [0.05, 0.1) is 30.2 Å². The molecule has 4 unspecified atom stereocenters. The van der Waals surface area contributed by atoms with E-state index in [1.165, 1.54) is 0 Å². The molecule has 6 heteroatoms. The van der Waals surface area contributed by atoms with Crippen LogP contribution in [0.1, 0.15) is 32.8 Å². The molecular formula is C20H20N4O2. The van der Waals surface area contributed by atoms with Gasteiger partial charge in [0, 0.05) is 5.56 Å². The van der Waals surface area contributed by atoms with Gasteiger partial charge in [0.15, 0.2) is 10.8 Å². The highest BCUT2D eigenvalue weighted by Gasteiger charge is 2.80. The minimum atomic E-state index is -1.82. The molecule has 2 aliphatic heterocycles. The highest BCUT2D eigenvalue weighted by atomic mass is 16.7. The largest absolute Gasteiger partial charge is 0.443 e. The monoisotopic (exact) mass is 348 g/mol. The highest BCUT2D eigenvalue weighted by molar-refractivity contribution is 5.89. The maximum absolute atomic E-state index is 10.2. The predicted molar refractivity (Wildman–Crippen MR) is 92.1 cm³/mol.